The highest BCUT2D eigenvalue weighted by Gasteiger charge is 2.46. The molecule has 192 valence electrons. The fourth-order valence-electron chi connectivity index (χ4n) is 4.24. The van der Waals surface area contributed by atoms with Crippen molar-refractivity contribution in [2.45, 2.75) is 19.6 Å². The van der Waals surface area contributed by atoms with Gasteiger partial charge in [0.15, 0.2) is 0 Å². The maximum atomic E-state index is 13.2. The molecule has 1 N–H and O–H groups in total. The molecule has 0 aromatic heterocycles. The second-order valence-corrected chi connectivity index (χ2v) is 9.54. The third-order valence-corrected chi connectivity index (χ3v) is 6.82. The fraction of sp³-hybridized carbons (Fsp3) is 0.241. The minimum atomic E-state index is -0.807. The van der Waals surface area contributed by atoms with Crippen LogP contribution in [0, 0.1) is 6.92 Å². The van der Waals surface area contributed by atoms with E-state index in [1.165, 1.54) is 24.7 Å². The number of halogens is 1. The van der Waals surface area contributed by atoms with Crippen molar-refractivity contribution in [1.82, 2.24) is 4.90 Å². The Morgan fingerprint density at radius 2 is 1.78 bits per heavy atom. The summed E-state index contributed by atoms with van der Waals surface area (Å²) < 4.78 is 17.1. The molecular formula is C29H28BrNO6. The number of ketones is 1. The highest BCUT2D eigenvalue weighted by atomic mass is 79.9. The van der Waals surface area contributed by atoms with Crippen LogP contribution < -0.4 is 9.47 Å². The largest absolute Gasteiger partial charge is 0.507 e. The number of Topliss-reactive ketones (excluding diaryl/α,β-unsaturated/α-hetero) is 1. The van der Waals surface area contributed by atoms with E-state index in [0.717, 1.165) is 5.56 Å². The van der Waals surface area contributed by atoms with Crippen molar-refractivity contribution in [3.63, 3.8) is 0 Å². The monoisotopic (exact) mass is 565 g/mol. The van der Waals surface area contributed by atoms with Crippen molar-refractivity contribution in [3.8, 4) is 11.5 Å². The number of aliphatic hydroxyl groups excluding tert-OH is 1. The van der Waals surface area contributed by atoms with E-state index in [9.17, 15) is 14.7 Å². The first-order valence-corrected chi connectivity index (χ1v) is 12.5. The van der Waals surface area contributed by atoms with Crippen molar-refractivity contribution in [2.24, 2.45) is 0 Å². The van der Waals surface area contributed by atoms with Crippen molar-refractivity contribution in [3.05, 3.63) is 99.0 Å². The predicted molar refractivity (Wildman–Crippen MR) is 144 cm³/mol. The van der Waals surface area contributed by atoms with E-state index >= 15 is 0 Å². The van der Waals surface area contributed by atoms with Crippen molar-refractivity contribution >= 4 is 33.4 Å². The summed E-state index contributed by atoms with van der Waals surface area (Å²) in [4.78, 5) is 27.7. The zero-order chi connectivity index (χ0) is 26.5. The number of likely N-dealkylation sites (tertiary alicyclic amines) is 1. The predicted octanol–water partition coefficient (Wildman–Crippen LogP) is 5.41. The zero-order valence-corrected chi connectivity index (χ0v) is 22.4. The smallest absolute Gasteiger partial charge is 0.295 e. The highest BCUT2D eigenvalue weighted by molar-refractivity contribution is 9.10. The number of nitrogens with zero attached hydrogens (tertiary/aromatic N) is 1. The SMILES string of the molecule is COCCN1C(=O)C(=O)/C(=C(/O)c2ccc(OC)c(Br)c2)C1c1cccc(OCc2ccc(C)cc2)c1. The fourth-order valence-corrected chi connectivity index (χ4v) is 4.78. The Balaban J connectivity index is 1.73. The molecule has 1 saturated heterocycles. The molecule has 1 aliphatic rings. The molecule has 0 aliphatic carbocycles. The number of aliphatic hydroxyl groups is 1. The van der Waals surface area contributed by atoms with Gasteiger partial charge in [0.1, 0.15) is 23.9 Å². The van der Waals surface area contributed by atoms with Crippen LogP contribution in [0.15, 0.2) is 76.8 Å². The van der Waals surface area contributed by atoms with E-state index in [2.05, 4.69) is 15.9 Å². The molecule has 0 bridgehead atoms. The van der Waals surface area contributed by atoms with Crippen LogP contribution in [0.2, 0.25) is 0 Å². The van der Waals surface area contributed by atoms with E-state index in [0.29, 0.717) is 33.7 Å². The van der Waals surface area contributed by atoms with Crippen molar-refractivity contribution in [1.29, 1.82) is 0 Å². The van der Waals surface area contributed by atoms with Crippen LogP contribution in [-0.2, 0) is 20.9 Å². The number of amides is 1. The average Bonchev–Trinajstić information content (AvgIpc) is 3.16. The lowest BCUT2D eigenvalue weighted by Crippen LogP contribution is -2.32. The normalized spacial score (nSPS) is 16.8. The molecule has 7 nitrogen and oxygen atoms in total. The molecule has 1 aliphatic heterocycles. The van der Waals surface area contributed by atoms with Gasteiger partial charge in [0, 0.05) is 19.2 Å². The molecule has 3 aromatic rings. The number of ether oxygens (including phenoxy) is 3. The van der Waals surface area contributed by atoms with Gasteiger partial charge in [-0.1, -0.05) is 42.0 Å². The minimum Gasteiger partial charge on any atom is -0.507 e. The summed E-state index contributed by atoms with van der Waals surface area (Å²) >= 11 is 3.41. The Bertz CT molecular complexity index is 1330. The second kappa shape index (κ2) is 11.6. The second-order valence-electron chi connectivity index (χ2n) is 8.68. The van der Waals surface area contributed by atoms with Crippen LogP contribution in [-0.4, -0.2) is 49.1 Å². The summed E-state index contributed by atoms with van der Waals surface area (Å²) in [5.74, 6) is -0.550. The third-order valence-electron chi connectivity index (χ3n) is 6.20. The summed E-state index contributed by atoms with van der Waals surface area (Å²) in [6.07, 6.45) is 0. The molecule has 1 amide bonds. The lowest BCUT2D eigenvalue weighted by atomic mass is 9.95. The van der Waals surface area contributed by atoms with Crippen molar-refractivity contribution in [2.75, 3.05) is 27.4 Å². The highest BCUT2D eigenvalue weighted by Crippen LogP contribution is 2.41. The molecule has 1 heterocycles. The van der Waals surface area contributed by atoms with Gasteiger partial charge in [0.25, 0.3) is 11.7 Å². The minimum absolute atomic E-state index is 0.00820. The molecule has 0 spiro atoms. The van der Waals surface area contributed by atoms with Gasteiger partial charge in [0.05, 0.1) is 29.8 Å². The van der Waals surface area contributed by atoms with Crippen LogP contribution in [0.5, 0.6) is 11.5 Å². The lowest BCUT2D eigenvalue weighted by molar-refractivity contribution is -0.140. The van der Waals surface area contributed by atoms with Gasteiger partial charge in [-0.25, -0.2) is 0 Å². The summed E-state index contributed by atoms with van der Waals surface area (Å²) in [6, 6.07) is 19.4. The number of benzene rings is 3. The van der Waals surface area contributed by atoms with Crippen LogP contribution in [0.4, 0.5) is 0 Å². The van der Waals surface area contributed by atoms with Crippen molar-refractivity contribution < 1.29 is 28.9 Å². The topological polar surface area (TPSA) is 85.3 Å². The summed E-state index contributed by atoms with van der Waals surface area (Å²) in [5, 5.41) is 11.3. The molecule has 1 unspecified atom stereocenters. The van der Waals surface area contributed by atoms with Gasteiger partial charge < -0.3 is 24.2 Å². The lowest BCUT2D eigenvalue weighted by Gasteiger charge is -2.25. The van der Waals surface area contributed by atoms with Gasteiger partial charge >= 0.3 is 0 Å². The zero-order valence-electron chi connectivity index (χ0n) is 20.9. The Morgan fingerprint density at radius 1 is 1.03 bits per heavy atom. The number of aryl methyl sites for hydroxylation is 1. The number of methoxy groups -OCH3 is 2. The Morgan fingerprint density at radius 3 is 2.46 bits per heavy atom. The van der Waals surface area contributed by atoms with Gasteiger partial charge in [0.2, 0.25) is 0 Å². The summed E-state index contributed by atoms with van der Waals surface area (Å²) in [5.41, 5.74) is 3.22. The van der Waals surface area contributed by atoms with Crippen LogP contribution in [0.1, 0.15) is 28.3 Å². The van der Waals surface area contributed by atoms with Gasteiger partial charge in [-0.3, -0.25) is 9.59 Å². The molecule has 3 aromatic carbocycles. The molecule has 37 heavy (non-hydrogen) atoms. The van der Waals surface area contributed by atoms with Gasteiger partial charge in [-0.05, 0) is 64.3 Å². The maximum Gasteiger partial charge on any atom is 0.295 e. The molecule has 0 radical (unpaired) electrons. The van der Waals surface area contributed by atoms with Gasteiger partial charge in [-0.15, -0.1) is 0 Å². The van der Waals surface area contributed by atoms with Gasteiger partial charge in [-0.2, -0.15) is 0 Å². The number of carbonyl (C=O) groups excluding carboxylic acids is 2. The standard InChI is InChI=1S/C29H28BrNO6/c1-18-7-9-19(10-8-18)17-37-22-6-4-5-20(15-22)26-25(28(33)29(34)31(26)13-14-35-2)27(32)21-11-12-24(36-3)23(30)16-21/h4-12,15-16,26,32H,13-14,17H2,1-3H3/b27-25+. The molecule has 1 fully saturated rings. The molecular weight excluding hydrogens is 538 g/mol. The number of hydrogen-bond acceptors (Lipinski definition) is 6. The average molecular weight is 566 g/mol. The first-order chi connectivity index (χ1) is 17.8. The molecule has 8 heteroatoms. The van der Waals surface area contributed by atoms with E-state index < -0.39 is 17.7 Å². The number of hydrogen-bond donors (Lipinski definition) is 1. The summed E-state index contributed by atoms with van der Waals surface area (Å²) in [7, 11) is 3.06. The third kappa shape index (κ3) is 5.70. The van der Waals surface area contributed by atoms with E-state index in [1.54, 1.807) is 30.3 Å². The Kier molecular flexibility index (Phi) is 8.31. The molecule has 0 saturated carbocycles. The van der Waals surface area contributed by atoms with Crippen LogP contribution in [0.3, 0.4) is 0 Å². The molecule has 1 atom stereocenters. The summed E-state index contributed by atoms with van der Waals surface area (Å²) in [6.45, 7) is 2.82. The first kappa shape index (κ1) is 26.4. The quantitative estimate of drug-likeness (QED) is 0.212. The first-order valence-electron chi connectivity index (χ1n) is 11.7. The van der Waals surface area contributed by atoms with E-state index in [1.807, 2.05) is 43.3 Å². The van der Waals surface area contributed by atoms with E-state index in [-0.39, 0.29) is 24.5 Å². The van der Waals surface area contributed by atoms with Crippen LogP contribution in [0.25, 0.3) is 5.76 Å². The Hall–Kier alpha value is -3.62. The number of carbonyl (C=O) groups is 2. The molecule has 4 rings (SSSR count). The Labute approximate surface area is 224 Å². The maximum absolute atomic E-state index is 13.2. The van der Waals surface area contributed by atoms with Crippen LogP contribution >= 0.6 is 15.9 Å². The number of rotatable bonds is 9. The van der Waals surface area contributed by atoms with E-state index in [4.69, 9.17) is 14.2 Å².